The van der Waals surface area contributed by atoms with E-state index in [2.05, 4.69) is 15.1 Å². The molecule has 2 atom stereocenters. The molecule has 29 heavy (non-hydrogen) atoms. The molecule has 0 spiro atoms. The number of hydrogen-bond acceptors (Lipinski definition) is 7. The van der Waals surface area contributed by atoms with Gasteiger partial charge in [0.05, 0.1) is 18.9 Å². The molecule has 3 aromatic heterocycles. The van der Waals surface area contributed by atoms with E-state index >= 15 is 0 Å². The van der Waals surface area contributed by atoms with E-state index in [0.29, 0.717) is 23.4 Å². The molecule has 1 aliphatic carbocycles. The summed E-state index contributed by atoms with van der Waals surface area (Å²) >= 11 is 0. The van der Waals surface area contributed by atoms with Gasteiger partial charge in [0.2, 0.25) is 5.88 Å². The summed E-state index contributed by atoms with van der Waals surface area (Å²) in [4.78, 5) is 21.4. The van der Waals surface area contributed by atoms with Gasteiger partial charge in [0.25, 0.3) is 0 Å². The number of fused-ring (bicyclic) bond motifs is 1. The van der Waals surface area contributed by atoms with Crippen LogP contribution in [-0.2, 0) is 0 Å². The number of ketones is 1. The third-order valence-electron chi connectivity index (χ3n) is 5.65. The highest BCUT2D eigenvalue weighted by atomic mass is 16.5. The summed E-state index contributed by atoms with van der Waals surface area (Å²) < 4.78 is 6.88. The third kappa shape index (κ3) is 3.93. The normalized spacial score (nSPS) is 19.8. The van der Waals surface area contributed by atoms with Gasteiger partial charge in [-0.25, -0.2) is 14.5 Å². The number of anilines is 1. The first-order chi connectivity index (χ1) is 14.1. The Morgan fingerprint density at radius 3 is 2.97 bits per heavy atom. The molecule has 1 fully saturated rings. The molecule has 1 saturated carbocycles. The van der Waals surface area contributed by atoms with Gasteiger partial charge in [-0.15, -0.1) is 0 Å². The van der Waals surface area contributed by atoms with Crippen molar-refractivity contribution in [2.45, 2.75) is 44.6 Å². The Morgan fingerprint density at radius 2 is 2.14 bits per heavy atom. The molecule has 0 aromatic carbocycles. The van der Waals surface area contributed by atoms with Gasteiger partial charge in [-0.1, -0.05) is 6.42 Å². The molecule has 152 valence electrons. The largest absolute Gasteiger partial charge is 0.481 e. The first kappa shape index (κ1) is 19.3. The minimum atomic E-state index is -0.247. The Kier molecular flexibility index (Phi) is 5.44. The van der Waals surface area contributed by atoms with E-state index in [-0.39, 0.29) is 23.6 Å². The number of ether oxygens (including phenoxy) is 1. The molecule has 3 aromatic rings. The van der Waals surface area contributed by atoms with E-state index in [1.165, 1.54) is 6.33 Å². The Morgan fingerprint density at radius 1 is 1.28 bits per heavy atom. The molecule has 3 heterocycles. The van der Waals surface area contributed by atoms with Crippen LogP contribution in [0, 0.1) is 5.92 Å². The smallest absolute Gasteiger partial charge is 0.213 e. The predicted octanol–water partition coefficient (Wildman–Crippen LogP) is 2.90. The summed E-state index contributed by atoms with van der Waals surface area (Å²) in [6, 6.07) is 5.45. The summed E-state index contributed by atoms with van der Waals surface area (Å²) in [6.45, 7) is 0. The summed E-state index contributed by atoms with van der Waals surface area (Å²) in [5, 5.41) is 14.2. The maximum Gasteiger partial charge on any atom is 0.213 e. The monoisotopic (exact) mass is 395 g/mol. The molecule has 0 unspecified atom stereocenters. The lowest BCUT2D eigenvalue weighted by Crippen LogP contribution is -2.10. The topological polar surface area (TPSA) is 116 Å². The quantitative estimate of drug-likeness (QED) is 0.504. The molecule has 0 aliphatic heterocycles. The van der Waals surface area contributed by atoms with Crippen molar-refractivity contribution in [3.63, 3.8) is 0 Å². The van der Waals surface area contributed by atoms with E-state index in [4.69, 9.17) is 10.5 Å². The maximum atomic E-state index is 13.2. The average Bonchev–Trinajstić information content (AvgIpc) is 3.01. The van der Waals surface area contributed by atoms with Crippen molar-refractivity contribution >= 4 is 17.1 Å². The van der Waals surface area contributed by atoms with Crippen LogP contribution >= 0.6 is 0 Å². The molecule has 0 bridgehead atoms. The lowest BCUT2D eigenvalue weighted by atomic mass is 9.92. The number of aliphatic hydroxyl groups excluding tert-OH is 1. The average molecular weight is 395 g/mol. The highest BCUT2D eigenvalue weighted by molar-refractivity contribution is 6.06. The van der Waals surface area contributed by atoms with Crippen LogP contribution in [0.25, 0.3) is 16.8 Å². The number of aliphatic hydroxyl groups is 1. The van der Waals surface area contributed by atoms with Gasteiger partial charge < -0.3 is 15.6 Å². The van der Waals surface area contributed by atoms with Crippen LogP contribution in [-0.4, -0.2) is 43.7 Å². The van der Waals surface area contributed by atoms with Crippen molar-refractivity contribution in [3.05, 3.63) is 36.3 Å². The van der Waals surface area contributed by atoms with Crippen LogP contribution in [0.5, 0.6) is 5.88 Å². The number of rotatable bonds is 5. The zero-order chi connectivity index (χ0) is 20.4. The highest BCUT2D eigenvalue weighted by Gasteiger charge is 2.24. The summed E-state index contributed by atoms with van der Waals surface area (Å²) in [7, 11) is 1.56. The Labute approximate surface area is 168 Å². The number of methoxy groups -OCH3 is 1. The van der Waals surface area contributed by atoms with Gasteiger partial charge in [-0.05, 0) is 43.7 Å². The number of nitrogen functional groups attached to an aromatic ring is 1. The second-order valence-corrected chi connectivity index (χ2v) is 7.59. The summed E-state index contributed by atoms with van der Waals surface area (Å²) in [5.41, 5.74) is 8.73. The number of carbonyl (C=O) groups is 1. The molecule has 0 saturated heterocycles. The van der Waals surface area contributed by atoms with Crippen LogP contribution in [0.4, 0.5) is 5.82 Å². The first-order valence-electron chi connectivity index (χ1n) is 9.90. The van der Waals surface area contributed by atoms with E-state index in [1.807, 2.05) is 12.1 Å². The number of pyridine rings is 1. The van der Waals surface area contributed by atoms with Gasteiger partial charge in [0.15, 0.2) is 11.6 Å². The fourth-order valence-corrected chi connectivity index (χ4v) is 4.10. The molecular formula is C21H25N5O3. The maximum absolute atomic E-state index is 13.2. The standard InChI is InChI=1S/C21H25N5O3/c1-29-19-10-14(7-8-23-19)17-11-16(20-21(22)24-12-25-26(17)20)18(28)9-13-3-2-4-15(27)6-5-13/h7-8,10-13,15,27H,2-6,9H2,1H3,(H2,22,24,25)/t13-,15+/m0/s1. The first-order valence-corrected chi connectivity index (χ1v) is 9.90. The second kappa shape index (κ2) is 8.16. The lowest BCUT2D eigenvalue weighted by Gasteiger charge is -2.12. The van der Waals surface area contributed by atoms with Crippen molar-refractivity contribution in [3.8, 4) is 17.1 Å². The predicted molar refractivity (Wildman–Crippen MR) is 109 cm³/mol. The van der Waals surface area contributed by atoms with Crippen molar-refractivity contribution < 1.29 is 14.6 Å². The fourth-order valence-electron chi connectivity index (χ4n) is 4.10. The minimum Gasteiger partial charge on any atom is -0.481 e. The molecule has 0 amide bonds. The van der Waals surface area contributed by atoms with Gasteiger partial charge in [0, 0.05) is 29.8 Å². The van der Waals surface area contributed by atoms with Gasteiger partial charge in [0.1, 0.15) is 11.8 Å². The molecular weight excluding hydrogens is 370 g/mol. The van der Waals surface area contributed by atoms with Crippen LogP contribution in [0.3, 0.4) is 0 Å². The van der Waals surface area contributed by atoms with Gasteiger partial charge in [-0.2, -0.15) is 5.10 Å². The molecule has 3 N–H and O–H groups in total. The molecule has 0 radical (unpaired) electrons. The zero-order valence-electron chi connectivity index (χ0n) is 16.4. The van der Waals surface area contributed by atoms with Crippen LogP contribution in [0.2, 0.25) is 0 Å². The van der Waals surface area contributed by atoms with E-state index in [0.717, 1.165) is 43.4 Å². The second-order valence-electron chi connectivity index (χ2n) is 7.59. The van der Waals surface area contributed by atoms with Crippen LogP contribution in [0.15, 0.2) is 30.7 Å². The number of nitrogens with two attached hydrogens (primary N) is 1. The van der Waals surface area contributed by atoms with E-state index < -0.39 is 0 Å². The number of carbonyl (C=O) groups excluding carboxylic acids is 1. The van der Waals surface area contributed by atoms with Crippen LogP contribution in [0.1, 0.15) is 48.9 Å². The van der Waals surface area contributed by atoms with Gasteiger partial charge in [-0.3, -0.25) is 4.79 Å². The zero-order valence-corrected chi connectivity index (χ0v) is 16.4. The molecule has 1 aliphatic rings. The number of Topliss-reactive ketones (excluding diaryl/α,β-unsaturated/α-hetero) is 1. The highest BCUT2D eigenvalue weighted by Crippen LogP contribution is 2.32. The van der Waals surface area contributed by atoms with E-state index in [9.17, 15) is 9.90 Å². The SMILES string of the molecule is COc1cc(-c2cc(C(=O)C[C@H]3CCC[C@@H](O)CC3)c3c(N)ncnn23)ccn1. The lowest BCUT2D eigenvalue weighted by molar-refractivity contribution is 0.0955. The number of aromatic nitrogens is 4. The van der Waals surface area contributed by atoms with Crippen molar-refractivity contribution in [2.75, 3.05) is 12.8 Å². The third-order valence-corrected chi connectivity index (χ3v) is 5.65. The van der Waals surface area contributed by atoms with Crippen molar-refractivity contribution in [1.82, 2.24) is 19.6 Å². The minimum absolute atomic E-state index is 0.0256. The van der Waals surface area contributed by atoms with E-state index in [1.54, 1.807) is 23.9 Å². The molecule has 8 nitrogen and oxygen atoms in total. The number of nitrogens with zero attached hydrogens (tertiary/aromatic N) is 4. The Balaban J connectivity index is 1.71. The molecule has 4 rings (SSSR count). The Hall–Kier alpha value is -3.00. The van der Waals surface area contributed by atoms with Gasteiger partial charge >= 0.3 is 0 Å². The van der Waals surface area contributed by atoms with Crippen LogP contribution < -0.4 is 10.5 Å². The Bertz CT molecular complexity index is 1030. The summed E-state index contributed by atoms with van der Waals surface area (Å²) in [5.74, 6) is 1.04. The fraction of sp³-hybridized carbons (Fsp3) is 0.429. The van der Waals surface area contributed by atoms with Crippen molar-refractivity contribution in [2.24, 2.45) is 5.92 Å². The summed E-state index contributed by atoms with van der Waals surface area (Å²) in [6.07, 6.45) is 7.54. The number of hydrogen-bond donors (Lipinski definition) is 2. The molecule has 8 heteroatoms. The van der Waals surface area contributed by atoms with Crippen molar-refractivity contribution in [1.29, 1.82) is 0 Å².